The second-order valence-electron chi connectivity index (χ2n) is 3.17. The maximum Gasteiger partial charge on any atom is 0.0685 e. The Morgan fingerprint density at radius 3 is 2.36 bits per heavy atom. The molecule has 0 aromatic carbocycles. The maximum absolute atomic E-state index is 5.51. The highest BCUT2D eigenvalue weighted by Gasteiger charge is 2.06. The minimum atomic E-state index is 0.312. The number of thiol groups is 1. The molecular formula is C9H18OS. The third kappa shape index (κ3) is 5.33. The Hall–Kier alpha value is 0.0500. The van der Waals surface area contributed by atoms with Crippen LogP contribution in [0.4, 0.5) is 0 Å². The Bertz CT molecular complexity index is 121. The molecule has 0 aliphatic heterocycles. The zero-order valence-electron chi connectivity index (χ0n) is 7.63. The molecule has 1 unspecified atom stereocenters. The van der Waals surface area contributed by atoms with Gasteiger partial charge in [0, 0.05) is 5.75 Å². The van der Waals surface area contributed by atoms with Gasteiger partial charge in [-0.2, -0.15) is 12.6 Å². The third-order valence-corrected chi connectivity index (χ3v) is 2.16. The van der Waals surface area contributed by atoms with Gasteiger partial charge < -0.3 is 4.74 Å². The highest BCUT2D eigenvalue weighted by atomic mass is 32.1. The lowest BCUT2D eigenvalue weighted by Gasteiger charge is -2.16. The van der Waals surface area contributed by atoms with Gasteiger partial charge in [0.15, 0.2) is 0 Å². The smallest absolute Gasteiger partial charge is 0.0685 e. The maximum atomic E-state index is 5.51. The summed E-state index contributed by atoms with van der Waals surface area (Å²) < 4.78 is 5.51. The molecule has 0 fully saturated rings. The summed E-state index contributed by atoms with van der Waals surface area (Å²) in [5.74, 6) is 1.29. The van der Waals surface area contributed by atoms with Crippen molar-refractivity contribution in [2.24, 2.45) is 5.92 Å². The third-order valence-electron chi connectivity index (χ3n) is 1.71. The van der Waals surface area contributed by atoms with Crippen molar-refractivity contribution < 1.29 is 4.74 Å². The molecule has 1 atom stereocenters. The number of rotatable bonds is 5. The van der Waals surface area contributed by atoms with Crippen LogP contribution in [0.3, 0.4) is 0 Å². The summed E-state index contributed by atoms with van der Waals surface area (Å²) in [7, 11) is 0. The van der Waals surface area contributed by atoms with Gasteiger partial charge >= 0.3 is 0 Å². The summed E-state index contributed by atoms with van der Waals surface area (Å²) in [6, 6.07) is 0. The zero-order valence-corrected chi connectivity index (χ0v) is 8.53. The van der Waals surface area contributed by atoms with Crippen LogP contribution < -0.4 is 0 Å². The molecule has 0 bridgehead atoms. The van der Waals surface area contributed by atoms with Gasteiger partial charge in [-0.05, 0) is 18.4 Å². The molecule has 0 aromatic heterocycles. The topological polar surface area (TPSA) is 9.23 Å². The van der Waals surface area contributed by atoms with E-state index in [0.29, 0.717) is 24.4 Å². The van der Waals surface area contributed by atoms with E-state index in [9.17, 15) is 0 Å². The van der Waals surface area contributed by atoms with Crippen LogP contribution >= 0.6 is 12.6 Å². The van der Waals surface area contributed by atoms with Crippen molar-refractivity contribution >= 4 is 12.6 Å². The van der Waals surface area contributed by atoms with Crippen LogP contribution in [0.1, 0.15) is 20.8 Å². The van der Waals surface area contributed by atoms with Crippen molar-refractivity contribution in [3.63, 3.8) is 0 Å². The standard InChI is InChI=1S/C9H18OS/c1-7(2)9(4)10-5-8(3)6-11/h7,9,11H,3,5-6H2,1-2,4H3. The minimum absolute atomic E-state index is 0.312. The van der Waals surface area contributed by atoms with E-state index >= 15 is 0 Å². The molecule has 0 aromatic rings. The average Bonchev–Trinajstić information content (AvgIpc) is 1.99. The molecule has 0 spiro atoms. The first-order valence-electron chi connectivity index (χ1n) is 3.97. The molecule has 0 saturated carbocycles. The van der Waals surface area contributed by atoms with E-state index in [1.165, 1.54) is 0 Å². The highest BCUT2D eigenvalue weighted by Crippen LogP contribution is 2.06. The Kier molecular flexibility index (Phi) is 5.69. The first-order valence-corrected chi connectivity index (χ1v) is 4.60. The largest absolute Gasteiger partial charge is 0.374 e. The van der Waals surface area contributed by atoms with Gasteiger partial charge in [-0.3, -0.25) is 0 Å². The highest BCUT2D eigenvalue weighted by molar-refractivity contribution is 7.80. The number of ether oxygens (including phenoxy) is 1. The first kappa shape index (κ1) is 11.1. The van der Waals surface area contributed by atoms with Crippen LogP contribution in [0.15, 0.2) is 12.2 Å². The molecule has 2 heteroatoms. The Morgan fingerprint density at radius 1 is 1.45 bits per heavy atom. The van der Waals surface area contributed by atoms with E-state index in [-0.39, 0.29) is 0 Å². The molecule has 0 N–H and O–H groups in total. The number of hydrogen-bond acceptors (Lipinski definition) is 2. The van der Waals surface area contributed by atoms with Crippen LogP contribution in [0, 0.1) is 5.92 Å². The van der Waals surface area contributed by atoms with Crippen molar-refractivity contribution in [1.82, 2.24) is 0 Å². The van der Waals surface area contributed by atoms with Gasteiger partial charge in [0.2, 0.25) is 0 Å². The summed E-state index contributed by atoms with van der Waals surface area (Å²) in [5.41, 5.74) is 1.04. The molecular weight excluding hydrogens is 156 g/mol. The normalized spacial score (nSPS) is 13.5. The monoisotopic (exact) mass is 174 g/mol. The molecule has 11 heavy (non-hydrogen) atoms. The molecule has 0 heterocycles. The van der Waals surface area contributed by atoms with E-state index < -0.39 is 0 Å². The average molecular weight is 174 g/mol. The Labute approximate surface area is 75.2 Å². The van der Waals surface area contributed by atoms with Gasteiger partial charge in [-0.1, -0.05) is 20.4 Å². The van der Waals surface area contributed by atoms with E-state index in [1.54, 1.807) is 0 Å². The molecule has 0 aliphatic carbocycles. The van der Waals surface area contributed by atoms with Gasteiger partial charge in [0.25, 0.3) is 0 Å². The molecule has 0 amide bonds. The van der Waals surface area contributed by atoms with Crippen molar-refractivity contribution in [2.45, 2.75) is 26.9 Å². The van der Waals surface area contributed by atoms with Crippen LogP contribution in [0.5, 0.6) is 0 Å². The van der Waals surface area contributed by atoms with Crippen LogP contribution in [0.2, 0.25) is 0 Å². The van der Waals surface area contributed by atoms with Gasteiger partial charge in [-0.15, -0.1) is 0 Å². The first-order chi connectivity index (χ1) is 5.07. The minimum Gasteiger partial charge on any atom is -0.374 e. The fourth-order valence-corrected chi connectivity index (χ4v) is 0.579. The predicted octanol–water partition coefficient (Wildman–Crippen LogP) is 2.53. The van der Waals surface area contributed by atoms with Crippen LogP contribution in [-0.2, 0) is 4.74 Å². The Morgan fingerprint density at radius 2 is 2.00 bits per heavy atom. The van der Waals surface area contributed by atoms with Crippen molar-refractivity contribution in [1.29, 1.82) is 0 Å². The van der Waals surface area contributed by atoms with Gasteiger partial charge in [-0.25, -0.2) is 0 Å². The van der Waals surface area contributed by atoms with Crippen molar-refractivity contribution in [3.05, 3.63) is 12.2 Å². The summed E-state index contributed by atoms with van der Waals surface area (Å²) in [5, 5.41) is 0. The molecule has 0 aliphatic rings. The van der Waals surface area contributed by atoms with Gasteiger partial charge in [0.1, 0.15) is 0 Å². The second kappa shape index (κ2) is 5.67. The summed E-state index contributed by atoms with van der Waals surface area (Å²) in [4.78, 5) is 0. The summed E-state index contributed by atoms with van der Waals surface area (Å²) >= 11 is 4.09. The summed E-state index contributed by atoms with van der Waals surface area (Å²) in [6.45, 7) is 10.8. The van der Waals surface area contributed by atoms with Crippen LogP contribution in [-0.4, -0.2) is 18.5 Å². The fourth-order valence-electron chi connectivity index (χ4n) is 0.487. The SMILES string of the molecule is C=C(CS)COC(C)C(C)C. The Balaban J connectivity index is 3.45. The zero-order chi connectivity index (χ0) is 8.85. The van der Waals surface area contributed by atoms with Crippen LogP contribution in [0.25, 0.3) is 0 Å². The molecule has 0 saturated heterocycles. The lowest BCUT2D eigenvalue weighted by atomic mass is 10.1. The van der Waals surface area contributed by atoms with Crippen molar-refractivity contribution in [2.75, 3.05) is 12.4 Å². The molecule has 66 valence electrons. The lowest BCUT2D eigenvalue weighted by Crippen LogP contribution is -2.16. The van der Waals surface area contributed by atoms with E-state index in [0.717, 1.165) is 5.57 Å². The predicted molar refractivity (Wildman–Crippen MR) is 53.2 cm³/mol. The van der Waals surface area contributed by atoms with E-state index in [4.69, 9.17) is 4.74 Å². The molecule has 0 radical (unpaired) electrons. The molecule has 1 nitrogen and oxygen atoms in total. The lowest BCUT2D eigenvalue weighted by molar-refractivity contribution is 0.0509. The van der Waals surface area contributed by atoms with Gasteiger partial charge in [0.05, 0.1) is 12.7 Å². The van der Waals surface area contributed by atoms with E-state index in [2.05, 4.69) is 40.0 Å². The fraction of sp³-hybridized carbons (Fsp3) is 0.778. The van der Waals surface area contributed by atoms with E-state index in [1.807, 2.05) is 0 Å². The summed E-state index contributed by atoms with van der Waals surface area (Å²) in [6.07, 6.45) is 0.312. The second-order valence-corrected chi connectivity index (χ2v) is 3.48. The number of hydrogen-bond donors (Lipinski definition) is 1. The molecule has 0 rings (SSSR count). The quantitative estimate of drug-likeness (QED) is 0.498. The van der Waals surface area contributed by atoms with Crippen molar-refractivity contribution in [3.8, 4) is 0 Å².